The molecule has 0 N–H and O–H groups in total. The van der Waals surface area contributed by atoms with Crippen molar-refractivity contribution in [3.63, 3.8) is 0 Å². The van der Waals surface area contributed by atoms with E-state index in [-0.39, 0.29) is 0 Å². The van der Waals surface area contributed by atoms with Crippen molar-refractivity contribution in [2.45, 2.75) is 26.2 Å². The Hall–Kier alpha value is -1.70. The van der Waals surface area contributed by atoms with Crippen molar-refractivity contribution in [3.05, 3.63) is 59.7 Å². The topological polar surface area (TPSA) is 25.8 Å². The van der Waals surface area contributed by atoms with Crippen molar-refractivity contribution in [3.8, 4) is 0 Å². The van der Waals surface area contributed by atoms with Crippen molar-refractivity contribution in [1.29, 1.82) is 0 Å². The Morgan fingerprint density at radius 2 is 2.00 bits per heavy atom. The Bertz CT molecular complexity index is 451. The predicted octanol–water partition coefficient (Wildman–Crippen LogP) is 3.19. The number of pyridine rings is 2. The normalized spacial score (nSPS) is 12.4. The Labute approximate surface area is 96.4 Å². The molecule has 2 aromatic rings. The maximum atomic E-state index is 4.39. The quantitative estimate of drug-likeness (QED) is 0.780. The number of aryl methyl sites for hydroxylation is 1. The lowest BCUT2D eigenvalue weighted by molar-refractivity contribution is 0.860. The fourth-order valence-corrected chi connectivity index (χ4v) is 1.76. The molecular weight excluding hydrogens is 196 g/mol. The van der Waals surface area contributed by atoms with Crippen molar-refractivity contribution in [2.75, 3.05) is 0 Å². The highest BCUT2D eigenvalue weighted by Gasteiger charge is 2.09. The zero-order valence-electron chi connectivity index (χ0n) is 9.72. The third-order valence-electron chi connectivity index (χ3n) is 2.83. The van der Waals surface area contributed by atoms with Crippen LogP contribution in [0.1, 0.15) is 36.7 Å². The van der Waals surface area contributed by atoms with Gasteiger partial charge in [-0.15, -0.1) is 0 Å². The summed E-state index contributed by atoms with van der Waals surface area (Å²) in [5, 5.41) is 0. The number of hydrogen-bond donors (Lipinski definition) is 0. The smallest absolute Gasteiger partial charge is 0.0475 e. The number of hydrogen-bond acceptors (Lipinski definition) is 2. The maximum Gasteiger partial charge on any atom is 0.0475 e. The lowest BCUT2D eigenvalue weighted by atomic mass is 9.97. The molecule has 0 aliphatic rings. The Morgan fingerprint density at radius 3 is 2.69 bits per heavy atom. The summed E-state index contributed by atoms with van der Waals surface area (Å²) < 4.78 is 0. The van der Waals surface area contributed by atoms with E-state index in [0.29, 0.717) is 5.92 Å². The summed E-state index contributed by atoms with van der Waals surface area (Å²) in [6, 6.07) is 10.3. The first kappa shape index (κ1) is 10.8. The van der Waals surface area contributed by atoms with Gasteiger partial charge in [-0.2, -0.15) is 0 Å². The van der Waals surface area contributed by atoms with E-state index >= 15 is 0 Å². The fourth-order valence-electron chi connectivity index (χ4n) is 1.76. The zero-order valence-corrected chi connectivity index (χ0v) is 9.72. The molecule has 0 fully saturated rings. The van der Waals surface area contributed by atoms with Gasteiger partial charge in [-0.25, -0.2) is 0 Å². The van der Waals surface area contributed by atoms with Gasteiger partial charge in [0.05, 0.1) is 0 Å². The third kappa shape index (κ3) is 2.27. The molecule has 0 aliphatic heterocycles. The number of aromatic nitrogens is 2. The molecule has 2 nitrogen and oxygen atoms in total. The SMILES string of the molecule is CCc1cc([C@H](C)c2ccccn2)ccn1. The summed E-state index contributed by atoms with van der Waals surface area (Å²) in [4.78, 5) is 8.70. The molecule has 0 bridgehead atoms. The maximum absolute atomic E-state index is 4.39. The van der Waals surface area contributed by atoms with Crippen LogP contribution in [-0.4, -0.2) is 9.97 Å². The van der Waals surface area contributed by atoms with Gasteiger partial charge in [0.25, 0.3) is 0 Å². The van der Waals surface area contributed by atoms with E-state index in [1.54, 1.807) is 0 Å². The minimum atomic E-state index is 0.328. The summed E-state index contributed by atoms with van der Waals surface area (Å²) in [5.41, 5.74) is 3.53. The van der Waals surface area contributed by atoms with Crippen molar-refractivity contribution >= 4 is 0 Å². The van der Waals surface area contributed by atoms with Crippen LogP contribution in [0.3, 0.4) is 0 Å². The summed E-state index contributed by atoms with van der Waals surface area (Å²) >= 11 is 0. The minimum Gasteiger partial charge on any atom is -0.261 e. The van der Waals surface area contributed by atoms with Gasteiger partial charge in [0.15, 0.2) is 0 Å². The first-order valence-electron chi connectivity index (χ1n) is 5.67. The van der Waals surface area contributed by atoms with Gasteiger partial charge in [-0.3, -0.25) is 9.97 Å². The molecule has 0 spiro atoms. The van der Waals surface area contributed by atoms with Gasteiger partial charge in [0.1, 0.15) is 0 Å². The van der Waals surface area contributed by atoms with E-state index in [9.17, 15) is 0 Å². The minimum absolute atomic E-state index is 0.328. The van der Waals surface area contributed by atoms with Crippen LogP contribution < -0.4 is 0 Å². The monoisotopic (exact) mass is 212 g/mol. The molecule has 0 amide bonds. The first-order valence-corrected chi connectivity index (χ1v) is 5.67. The fraction of sp³-hybridized carbons (Fsp3) is 0.286. The van der Waals surface area contributed by atoms with Crippen LogP contribution in [0.5, 0.6) is 0 Å². The molecule has 2 rings (SSSR count). The second-order valence-corrected chi connectivity index (χ2v) is 3.91. The van der Waals surface area contributed by atoms with E-state index in [2.05, 4.69) is 42.0 Å². The van der Waals surface area contributed by atoms with Crippen LogP contribution in [0.2, 0.25) is 0 Å². The second-order valence-electron chi connectivity index (χ2n) is 3.91. The highest BCUT2D eigenvalue weighted by Crippen LogP contribution is 2.22. The highest BCUT2D eigenvalue weighted by molar-refractivity contribution is 5.27. The average molecular weight is 212 g/mol. The zero-order chi connectivity index (χ0) is 11.4. The lowest BCUT2D eigenvalue weighted by Crippen LogP contribution is -2.00. The largest absolute Gasteiger partial charge is 0.261 e. The van der Waals surface area contributed by atoms with Crippen molar-refractivity contribution in [1.82, 2.24) is 9.97 Å². The molecule has 2 aromatic heterocycles. The molecule has 0 unspecified atom stereocenters. The molecule has 2 heterocycles. The molecule has 16 heavy (non-hydrogen) atoms. The van der Waals surface area contributed by atoms with Gasteiger partial charge >= 0.3 is 0 Å². The molecule has 0 radical (unpaired) electrons. The summed E-state index contributed by atoms with van der Waals surface area (Å²) in [6.45, 7) is 4.30. The molecule has 82 valence electrons. The molecule has 1 atom stereocenters. The molecule has 0 saturated heterocycles. The summed E-state index contributed by atoms with van der Waals surface area (Å²) in [5.74, 6) is 0.328. The third-order valence-corrected chi connectivity index (χ3v) is 2.83. The predicted molar refractivity (Wildman–Crippen MR) is 65.4 cm³/mol. The number of nitrogens with zero attached hydrogens (tertiary/aromatic N) is 2. The van der Waals surface area contributed by atoms with E-state index in [0.717, 1.165) is 17.8 Å². The van der Waals surface area contributed by atoms with Gasteiger partial charge < -0.3 is 0 Å². The Morgan fingerprint density at radius 1 is 1.12 bits per heavy atom. The van der Waals surface area contributed by atoms with Crippen molar-refractivity contribution in [2.24, 2.45) is 0 Å². The number of rotatable bonds is 3. The van der Waals surface area contributed by atoms with E-state index in [1.165, 1.54) is 5.56 Å². The molecule has 0 aromatic carbocycles. The second kappa shape index (κ2) is 4.88. The van der Waals surface area contributed by atoms with E-state index in [1.807, 2.05) is 24.5 Å². The van der Waals surface area contributed by atoms with Gasteiger partial charge in [0.2, 0.25) is 0 Å². The molecular formula is C14H16N2. The Kier molecular flexibility index (Phi) is 3.30. The van der Waals surface area contributed by atoms with Gasteiger partial charge in [-0.1, -0.05) is 19.9 Å². The van der Waals surface area contributed by atoms with Crippen LogP contribution >= 0.6 is 0 Å². The highest BCUT2D eigenvalue weighted by atomic mass is 14.7. The van der Waals surface area contributed by atoms with Crippen LogP contribution in [0.15, 0.2) is 42.7 Å². The van der Waals surface area contributed by atoms with Crippen LogP contribution in [0.25, 0.3) is 0 Å². The molecule has 0 saturated carbocycles. The average Bonchev–Trinajstić information content (AvgIpc) is 2.39. The summed E-state index contributed by atoms with van der Waals surface area (Å²) in [6.07, 6.45) is 4.70. The lowest BCUT2D eigenvalue weighted by Gasteiger charge is -2.11. The molecule has 2 heteroatoms. The van der Waals surface area contributed by atoms with Gasteiger partial charge in [-0.05, 0) is 36.2 Å². The van der Waals surface area contributed by atoms with Crippen molar-refractivity contribution < 1.29 is 0 Å². The standard InChI is InChI=1S/C14H16N2/c1-3-13-10-12(7-9-15-13)11(2)14-6-4-5-8-16-14/h4-11H,3H2,1-2H3/t11-/m0/s1. The van der Waals surface area contributed by atoms with Crippen LogP contribution in [0, 0.1) is 0 Å². The molecule has 0 aliphatic carbocycles. The van der Waals surface area contributed by atoms with Gasteiger partial charge in [0, 0.05) is 29.7 Å². The first-order chi connectivity index (χ1) is 7.81. The Balaban J connectivity index is 2.30. The summed E-state index contributed by atoms with van der Waals surface area (Å²) in [7, 11) is 0. The van der Waals surface area contributed by atoms with Crippen LogP contribution in [-0.2, 0) is 6.42 Å². The van der Waals surface area contributed by atoms with Crippen LogP contribution in [0.4, 0.5) is 0 Å². The van der Waals surface area contributed by atoms with E-state index < -0.39 is 0 Å². The van der Waals surface area contributed by atoms with E-state index in [4.69, 9.17) is 0 Å².